The van der Waals surface area contributed by atoms with E-state index >= 15 is 0 Å². The molecule has 2 nitrogen and oxygen atoms in total. The zero-order chi connectivity index (χ0) is 15.2. The largest absolute Gasteiger partial charge is 0.329 e. The van der Waals surface area contributed by atoms with Gasteiger partial charge in [-0.05, 0) is 29.9 Å². The average molecular weight is 294 g/mol. The van der Waals surface area contributed by atoms with Gasteiger partial charge >= 0.3 is 0 Å². The van der Waals surface area contributed by atoms with Crippen molar-refractivity contribution in [2.24, 2.45) is 11.7 Å². The summed E-state index contributed by atoms with van der Waals surface area (Å²) in [7, 11) is 0. The first kappa shape index (κ1) is 15.3. The minimum atomic E-state index is 0.495. The van der Waals surface area contributed by atoms with Crippen molar-refractivity contribution < 1.29 is 0 Å². The van der Waals surface area contributed by atoms with Gasteiger partial charge in [-0.15, -0.1) is 0 Å². The molecule has 0 aromatic heterocycles. The molecule has 2 heteroatoms. The van der Waals surface area contributed by atoms with Gasteiger partial charge in [0, 0.05) is 25.7 Å². The smallest absolute Gasteiger partial charge is 0.0253 e. The SMILES string of the molecule is NCC(C1CCC1)N(Cc1ccccc1)Cc1ccccc1. The molecule has 1 unspecified atom stereocenters. The fraction of sp³-hybridized carbons (Fsp3) is 0.400. The van der Waals surface area contributed by atoms with Gasteiger partial charge in [-0.2, -0.15) is 0 Å². The Kier molecular flexibility index (Phi) is 5.25. The molecule has 2 aromatic rings. The summed E-state index contributed by atoms with van der Waals surface area (Å²) in [4.78, 5) is 2.58. The molecule has 0 heterocycles. The topological polar surface area (TPSA) is 29.3 Å². The summed E-state index contributed by atoms with van der Waals surface area (Å²) < 4.78 is 0. The predicted molar refractivity (Wildman–Crippen MR) is 92.3 cm³/mol. The fourth-order valence-corrected chi connectivity index (χ4v) is 3.39. The van der Waals surface area contributed by atoms with Gasteiger partial charge in [-0.3, -0.25) is 4.90 Å². The zero-order valence-corrected chi connectivity index (χ0v) is 13.2. The first-order valence-corrected chi connectivity index (χ1v) is 8.39. The fourth-order valence-electron chi connectivity index (χ4n) is 3.39. The van der Waals surface area contributed by atoms with Crippen molar-refractivity contribution in [1.82, 2.24) is 4.90 Å². The van der Waals surface area contributed by atoms with E-state index in [2.05, 4.69) is 65.6 Å². The lowest BCUT2D eigenvalue weighted by atomic mass is 9.79. The van der Waals surface area contributed by atoms with E-state index in [0.29, 0.717) is 6.04 Å². The second-order valence-electron chi connectivity index (χ2n) is 6.37. The van der Waals surface area contributed by atoms with Gasteiger partial charge in [0.2, 0.25) is 0 Å². The van der Waals surface area contributed by atoms with Crippen molar-refractivity contribution in [3.8, 4) is 0 Å². The van der Waals surface area contributed by atoms with Crippen LogP contribution in [0.25, 0.3) is 0 Å². The molecule has 1 saturated carbocycles. The van der Waals surface area contributed by atoms with E-state index in [1.54, 1.807) is 0 Å². The molecule has 0 saturated heterocycles. The summed E-state index contributed by atoms with van der Waals surface area (Å²) in [6.45, 7) is 2.71. The molecule has 3 rings (SSSR count). The maximum absolute atomic E-state index is 6.15. The van der Waals surface area contributed by atoms with Crippen LogP contribution < -0.4 is 5.73 Å². The standard InChI is InChI=1S/C20H26N2/c21-14-20(19-12-7-13-19)22(15-17-8-3-1-4-9-17)16-18-10-5-2-6-11-18/h1-6,8-11,19-20H,7,12-16,21H2. The molecule has 116 valence electrons. The monoisotopic (exact) mass is 294 g/mol. The van der Waals surface area contributed by atoms with Crippen molar-refractivity contribution in [2.45, 2.75) is 38.4 Å². The minimum absolute atomic E-state index is 0.495. The molecule has 0 radical (unpaired) electrons. The number of benzene rings is 2. The number of hydrogen-bond acceptors (Lipinski definition) is 2. The van der Waals surface area contributed by atoms with Gasteiger partial charge in [-0.25, -0.2) is 0 Å². The third-order valence-electron chi connectivity index (χ3n) is 4.86. The summed E-state index contributed by atoms with van der Waals surface area (Å²) in [5.41, 5.74) is 8.89. The number of rotatable bonds is 7. The predicted octanol–water partition coefficient (Wildman–Crippen LogP) is 3.82. The minimum Gasteiger partial charge on any atom is -0.329 e. The number of hydrogen-bond donors (Lipinski definition) is 1. The summed E-state index contributed by atoms with van der Waals surface area (Å²) in [5, 5.41) is 0. The highest BCUT2D eigenvalue weighted by atomic mass is 15.2. The van der Waals surface area contributed by atoms with E-state index < -0.39 is 0 Å². The molecular weight excluding hydrogens is 268 g/mol. The van der Waals surface area contributed by atoms with Crippen LogP contribution in [0.1, 0.15) is 30.4 Å². The Morgan fingerprint density at radius 1 is 0.864 bits per heavy atom. The van der Waals surface area contributed by atoms with E-state index in [1.165, 1.54) is 30.4 Å². The van der Waals surface area contributed by atoms with Crippen molar-refractivity contribution in [3.05, 3.63) is 71.8 Å². The second kappa shape index (κ2) is 7.57. The van der Waals surface area contributed by atoms with Gasteiger partial charge < -0.3 is 5.73 Å². The Morgan fingerprint density at radius 2 is 1.36 bits per heavy atom. The van der Waals surface area contributed by atoms with E-state index in [9.17, 15) is 0 Å². The van der Waals surface area contributed by atoms with Gasteiger partial charge in [0.1, 0.15) is 0 Å². The van der Waals surface area contributed by atoms with E-state index in [0.717, 1.165) is 25.6 Å². The molecule has 2 aromatic carbocycles. The molecule has 1 aliphatic rings. The molecule has 1 atom stereocenters. The third-order valence-corrected chi connectivity index (χ3v) is 4.86. The quantitative estimate of drug-likeness (QED) is 0.841. The molecule has 0 bridgehead atoms. The second-order valence-corrected chi connectivity index (χ2v) is 6.37. The average Bonchev–Trinajstić information content (AvgIpc) is 2.52. The van der Waals surface area contributed by atoms with Gasteiger partial charge in [0.05, 0.1) is 0 Å². The molecule has 0 aliphatic heterocycles. The zero-order valence-electron chi connectivity index (χ0n) is 13.2. The highest BCUT2D eigenvalue weighted by Gasteiger charge is 2.30. The van der Waals surface area contributed by atoms with Crippen LogP contribution in [-0.2, 0) is 13.1 Å². The van der Waals surface area contributed by atoms with Crippen molar-refractivity contribution >= 4 is 0 Å². The van der Waals surface area contributed by atoms with E-state index in [4.69, 9.17) is 5.73 Å². The molecule has 0 amide bonds. The maximum Gasteiger partial charge on any atom is 0.0253 e. The highest BCUT2D eigenvalue weighted by Crippen LogP contribution is 2.33. The van der Waals surface area contributed by atoms with Crippen LogP contribution in [0.2, 0.25) is 0 Å². The van der Waals surface area contributed by atoms with Gasteiger partial charge in [-0.1, -0.05) is 67.1 Å². The summed E-state index contributed by atoms with van der Waals surface area (Å²) in [6, 6.07) is 22.0. The molecular formula is C20H26N2. The van der Waals surface area contributed by atoms with Crippen LogP contribution in [-0.4, -0.2) is 17.5 Å². The summed E-state index contributed by atoms with van der Waals surface area (Å²) >= 11 is 0. The van der Waals surface area contributed by atoms with Gasteiger partial charge in [0.15, 0.2) is 0 Å². The Hall–Kier alpha value is -1.64. The molecule has 1 aliphatic carbocycles. The van der Waals surface area contributed by atoms with Crippen molar-refractivity contribution in [2.75, 3.05) is 6.54 Å². The lowest BCUT2D eigenvalue weighted by Gasteiger charge is -2.41. The summed E-state index contributed by atoms with van der Waals surface area (Å²) in [6.07, 6.45) is 4.04. The first-order valence-electron chi connectivity index (χ1n) is 8.39. The summed E-state index contributed by atoms with van der Waals surface area (Å²) in [5.74, 6) is 0.775. The number of nitrogens with two attached hydrogens (primary N) is 1. The van der Waals surface area contributed by atoms with Crippen LogP contribution >= 0.6 is 0 Å². The number of nitrogens with zero attached hydrogens (tertiary/aromatic N) is 1. The van der Waals surface area contributed by atoms with Crippen LogP contribution in [0.3, 0.4) is 0 Å². The van der Waals surface area contributed by atoms with Gasteiger partial charge in [0.25, 0.3) is 0 Å². The lowest BCUT2D eigenvalue weighted by Crippen LogP contribution is -2.47. The van der Waals surface area contributed by atoms with E-state index in [1.807, 2.05) is 0 Å². The molecule has 2 N–H and O–H groups in total. The maximum atomic E-state index is 6.15. The van der Waals surface area contributed by atoms with E-state index in [-0.39, 0.29) is 0 Å². The Labute approximate surface area is 134 Å². The molecule has 22 heavy (non-hydrogen) atoms. The first-order chi connectivity index (χ1) is 10.9. The van der Waals surface area contributed by atoms with Crippen LogP contribution in [0, 0.1) is 5.92 Å². The Bertz CT molecular complexity index is 507. The van der Waals surface area contributed by atoms with Crippen LogP contribution in [0.4, 0.5) is 0 Å². The van der Waals surface area contributed by atoms with Crippen LogP contribution in [0.5, 0.6) is 0 Å². The Morgan fingerprint density at radius 3 is 1.73 bits per heavy atom. The molecule has 1 fully saturated rings. The van der Waals surface area contributed by atoms with Crippen molar-refractivity contribution in [1.29, 1.82) is 0 Å². The normalized spacial score (nSPS) is 16.5. The van der Waals surface area contributed by atoms with Crippen molar-refractivity contribution in [3.63, 3.8) is 0 Å². The molecule has 0 spiro atoms. The highest BCUT2D eigenvalue weighted by molar-refractivity contribution is 5.17. The third kappa shape index (κ3) is 3.76. The Balaban J connectivity index is 1.77. The lowest BCUT2D eigenvalue weighted by molar-refractivity contribution is 0.0873. The van der Waals surface area contributed by atoms with Crippen LogP contribution in [0.15, 0.2) is 60.7 Å².